The summed E-state index contributed by atoms with van der Waals surface area (Å²) in [6, 6.07) is 0. The van der Waals surface area contributed by atoms with Crippen molar-refractivity contribution in [3.63, 3.8) is 0 Å². The van der Waals surface area contributed by atoms with Crippen LogP contribution in [0, 0.1) is 11.8 Å². The molecule has 0 heterocycles. The first-order chi connectivity index (χ1) is 7.24. The maximum Gasteiger partial charge on any atom is 0.0434 e. The van der Waals surface area contributed by atoms with Gasteiger partial charge in [-0.1, -0.05) is 40.0 Å². The third-order valence-corrected chi connectivity index (χ3v) is 3.09. The maximum absolute atomic E-state index is 8.78. The van der Waals surface area contributed by atoms with Crippen LogP contribution >= 0.6 is 0 Å². The second-order valence-corrected chi connectivity index (χ2v) is 4.69. The highest BCUT2D eigenvalue weighted by Gasteiger charge is 2.06. The standard InChI is InChI=1S/C13H29NO/c1-4-6-7-13(5-2)11-14-10-12(3)8-9-15/h12-15H,4-11H2,1-3H3. The molecule has 0 aromatic rings. The number of aliphatic hydroxyl groups excluding tert-OH is 1. The molecule has 2 heteroatoms. The average Bonchev–Trinajstić information content (AvgIpc) is 2.23. The van der Waals surface area contributed by atoms with Gasteiger partial charge in [-0.05, 0) is 37.8 Å². The minimum absolute atomic E-state index is 0.315. The minimum Gasteiger partial charge on any atom is -0.396 e. The predicted molar refractivity (Wildman–Crippen MR) is 67.0 cm³/mol. The van der Waals surface area contributed by atoms with Gasteiger partial charge in [-0.3, -0.25) is 0 Å². The van der Waals surface area contributed by atoms with Crippen molar-refractivity contribution in [2.75, 3.05) is 19.7 Å². The second-order valence-electron chi connectivity index (χ2n) is 4.69. The van der Waals surface area contributed by atoms with Crippen molar-refractivity contribution >= 4 is 0 Å². The van der Waals surface area contributed by atoms with Gasteiger partial charge in [0, 0.05) is 6.61 Å². The van der Waals surface area contributed by atoms with Crippen molar-refractivity contribution in [3.8, 4) is 0 Å². The molecule has 0 aliphatic rings. The Kier molecular flexibility index (Phi) is 10.4. The quantitative estimate of drug-likeness (QED) is 0.587. The van der Waals surface area contributed by atoms with E-state index in [1.54, 1.807) is 0 Å². The summed E-state index contributed by atoms with van der Waals surface area (Å²) in [6.07, 6.45) is 6.21. The number of nitrogens with one attached hydrogen (secondary N) is 1. The van der Waals surface area contributed by atoms with Gasteiger partial charge in [0.25, 0.3) is 0 Å². The van der Waals surface area contributed by atoms with Crippen molar-refractivity contribution in [1.82, 2.24) is 5.32 Å². The molecule has 0 bridgehead atoms. The fourth-order valence-electron chi connectivity index (χ4n) is 1.80. The summed E-state index contributed by atoms with van der Waals surface area (Å²) < 4.78 is 0. The van der Waals surface area contributed by atoms with Gasteiger partial charge in [0.1, 0.15) is 0 Å². The molecule has 0 radical (unpaired) electrons. The Morgan fingerprint density at radius 1 is 1.13 bits per heavy atom. The van der Waals surface area contributed by atoms with Crippen molar-refractivity contribution in [1.29, 1.82) is 0 Å². The lowest BCUT2D eigenvalue weighted by atomic mass is 9.99. The van der Waals surface area contributed by atoms with Gasteiger partial charge in [-0.15, -0.1) is 0 Å². The number of aliphatic hydroxyl groups is 1. The van der Waals surface area contributed by atoms with Crippen molar-refractivity contribution in [3.05, 3.63) is 0 Å². The van der Waals surface area contributed by atoms with Gasteiger partial charge in [-0.2, -0.15) is 0 Å². The third kappa shape index (κ3) is 8.88. The van der Waals surface area contributed by atoms with Crippen LogP contribution in [0.1, 0.15) is 52.9 Å². The Labute approximate surface area is 95.5 Å². The van der Waals surface area contributed by atoms with Gasteiger partial charge in [0.05, 0.1) is 0 Å². The molecule has 2 atom stereocenters. The maximum atomic E-state index is 8.78. The molecule has 0 aromatic heterocycles. The van der Waals surface area contributed by atoms with E-state index in [1.165, 1.54) is 25.7 Å². The molecule has 0 aliphatic carbocycles. The van der Waals surface area contributed by atoms with Crippen LogP contribution < -0.4 is 5.32 Å². The number of unbranched alkanes of at least 4 members (excludes halogenated alkanes) is 1. The molecule has 2 nitrogen and oxygen atoms in total. The summed E-state index contributed by atoms with van der Waals surface area (Å²) in [6.45, 7) is 9.23. The number of hydrogen-bond acceptors (Lipinski definition) is 2. The van der Waals surface area contributed by atoms with E-state index in [0.29, 0.717) is 12.5 Å². The fraction of sp³-hybridized carbons (Fsp3) is 1.00. The number of hydrogen-bond donors (Lipinski definition) is 2. The van der Waals surface area contributed by atoms with Gasteiger partial charge in [0.15, 0.2) is 0 Å². The van der Waals surface area contributed by atoms with E-state index in [-0.39, 0.29) is 0 Å². The molecular formula is C13H29NO. The summed E-state index contributed by atoms with van der Waals surface area (Å²) in [7, 11) is 0. The molecule has 92 valence electrons. The largest absolute Gasteiger partial charge is 0.396 e. The molecule has 0 fully saturated rings. The van der Waals surface area contributed by atoms with Crippen molar-refractivity contribution in [2.45, 2.75) is 52.9 Å². The SMILES string of the molecule is CCCCC(CC)CNCC(C)CCO. The van der Waals surface area contributed by atoms with Crippen molar-refractivity contribution in [2.24, 2.45) is 11.8 Å². The Balaban J connectivity index is 3.44. The van der Waals surface area contributed by atoms with E-state index in [2.05, 4.69) is 26.1 Å². The lowest BCUT2D eigenvalue weighted by Crippen LogP contribution is -2.27. The molecular weight excluding hydrogens is 186 g/mol. The molecule has 2 N–H and O–H groups in total. The first-order valence-electron chi connectivity index (χ1n) is 6.56. The highest BCUT2D eigenvalue weighted by molar-refractivity contribution is 4.63. The topological polar surface area (TPSA) is 32.3 Å². The van der Waals surface area contributed by atoms with E-state index in [0.717, 1.165) is 25.4 Å². The van der Waals surface area contributed by atoms with Crippen LogP contribution in [0.5, 0.6) is 0 Å². The summed E-state index contributed by atoms with van der Waals surface area (Å²) in [5, 5.41) is 12.3. The van der Waals surface area contributed by atoms with Crippen LogP contribution in [0.2, 0.25) is 0 Å². The summed E-state index contributed by atoms with van der Waals surface area (Å²) in [5.74, 6) is 1.44. The Hall–Kier alpha value is -0.0800. The Morgan fingerprint density at radius 2 is 1.87 bits per heavy atom. The molecule has 0 spiro atoms. The highest BCUT2D eigenvalue weighted by Crippen LogP contribution is 2.11. The van der Waals surface area contributed by atoms with E-state index >= 15 is 0 Å². The molecule has 0 saturated carbocycles. The molecule has 0 saturated heterocycles. The zero-order chi connectivity index (χ0) is 11.5. The van der Waals surface area contributed by atoms with Gasteiger partial charge < -0.3 is 10.4 Å². The van der Waals surface area contributed by atoms with Gasteiger partial charge in [0.2, 0.25) is 0 Å². The minimum atomic E-state index is 0.315. The average molecular weight is 215 g/mol. The highest BCUT2D eigenvalue weighted by atomic mass is 16.3. The summed E-state index contributed by atoms with van der Waals surface area (Å²) in [5.41, 5.74) is 0. The molecule has 0 aliphatic heterocycles. The molecule has 2 unspecified atom stereocenters. The Bertz CT molecular complexity index is 128. The molecule has 0 amide bonds. The molecule has 0 rings (SSSR count). The lowest BCUT2D eigenvalue weighted by Gasteiger charge is -2.17. The molecule has 0 aromatic carbocycles. The third-order valence-electron chi connectivity index (χ3n) is 3.09. The van der Waals surface area contributed by atoms with Crippen LogP contribution in [0.25, 0.3) is 0 Å². The Morgan fingerprint density at radius 3 is 2.40 bits per heavy atom. The molecule has 15 heavy (non-hydrogen) atoms. The smallest absolute Gasteiger partial charge is 0.0434 e. The summed E-state index contributed by atoms with van der Waals surface area (Å²) in [4.78, 5) is 0. The number of rotatable bonds is 10. The van der Waals surface area contributed by atoms with Crippen LogP contribution in [-0.4, -0.2) is 24.8 Å². The lowest BCUT2D eigenvalue weighted by molar-refractivity contribution is 0.258. The van der Waals surface area contributed by atoms with Crippen LogP contribution in [0.4, 0.5) is 0 Å². The van der Waals surface area contributed by atoms with Crippen LogP contribution in [0.3, 0.4) is 0 Å². The van der Waals surface area contributed by atoms with Gasteiger partial charge >= 0.3 is 0 Å². The normalized spacial score (nSPS) is 15.2. The predicted octanol–water partition coefficient (Wildman–Crippen LogP) is 2.81. The fourth-order valence-corrected chi connectivity index (χ4v) is 1.80. The summed E-state index contributed by atoms with van der Waals surface area (Å²) >= 11 is 0. The van der Waals surface area contributed by atoms with E-state index < -0.39 is 0 Å². The first kappa shape index (κ1) is 14.9. The van der Waals surface area contributed by atoms with E-state index in [4.69, 9.17) is 5.11 Å². The van der Waals surface area contributed by atoms with E-state index in [9.17, 15) is 0 Å². The van der Waals surface area contributed by atoms with E-state index in [1.807, 2.05) is 0 Å². The zero-order valence-corrected chi connectivity index (χ0v) is 10.8. The first-order valence-corrected chi connectivity index (χ1v) is 6.56. The monoisotopic (exact) mass is 215 g/mol. The zero-order valence-electron chi connectivity index (χ0n) is 10.8. The second kappa shape index (κ2) is 10.4. The van der Waals surface area contributed by atoms with Crippen molar-refractivity contribution < 1.29 is 5.11 Å². The van der Waals surface area contributed by atoms with Crippen LogP contribution in [-0.2, 0) is 0 Å². The van der Waals surface area contributed by atoms with Gasteiger partial charge in [-0.25, -0.2) is 0 Å². The van der Waals surface area contributed by atoms with Crippen LogP contribution in [0.15, 0.2) is 0 Å².